The number of sulfonamides is 1. The second kappa shape index (κ2) is 9.81. The van der Waals surface area contributed by atoms with Crippen LogP contribution in [0.15, 0.2) is 48.5 Å². The Balaban J connectivity index is 1.52. The number of piperidine rings is 1. The third kappa shape index (κ3) is 5.74. The molecule has 0 bridgehead atoms. The molecule has 1 aliphatic rings. The van der Waals surface area contributed by atoms with Crippen LogP contribution in [0.1, 0.15) is 36.9 Å². The van der Waals surface area contributed by atoms with Crippen LogP contribution < -0.4 is 10.1 Å². The van der Waals surface area contributed by atoms with Gasteiger partial charge in [-0.25, -0.2) is 12.7 Å². The maximum atomic E-state index is 12.7. The molecule has 3 rings (SSSR count). The molecule has 162 valence electrons. The molecule has 30 heavy (non-hydrogen) atoms. The van der Waals surface area contributed by atoms with Crippen LogP contribution in [0, 0.1) is 5.92 Å². The number of carbonyl (C=O) groups excluding carboxylic acids is 1. The maximum absolute atomic E-state index is 12.7. The van der Waals surface area contributed by atoms with Gasteiger partial charge in [0.15, 0.2) is 0 Å². The van der Waals surface area contributed by atoms with Crippen molar-refractivity contribution in [1.29, 1.82) is 0 Å². The third-order valence-corrected chi connectivity index (χ3v) is 7.56. The highest BCUT2D eigenvalue weighted by atomic mass is 35.5. The van der Waals surface area contributed by atoms with Gasteiger partial charge < -0.3 is 10.1 Å². The first-order valence-corrected chi connectivity index (χ1v) is 11.9. The summed E-state index contributed by atoms with van der Waals surface area (Å²) in [5.74, 6) is 0.487. The van der Waals surface area contributed by atoms with Crippen molar-refractivity contribution in [1.82, 2.24) is 9.62 Å². The Morgan fingerprint density at radius 2 is 1.73 bits per heavy atom. The van der Waals surface area contributed by atoms with Gasteiger partial charge in [0.05, 0.1) is 18.9 Å². The molecule has 1 unspecified atom stereocenters. The summed E-state index contributed by atoms with van der Waals surface area (Å²) in [5, 5.41) is 3.62. The van der Waals surface area contributed by atoms with E-state index in [1.165, 1.54) is 4.31 Å². The fourth-order valence-electron chi connectivity index (χ4n) is 3.59. The third-order valence-electron chi connectivity index (χ3n) is 5.45. The topological polar surface area (TPSA) is 75.7 Å². The monoisotopic (exact) mass is 450 g/mol. The molecule has 1 fully saturated rings. The zero-order valence-electron chi connectivity index (χ0n) is 17.2. The Labute approximate surface area is 183 Å². The molecule has 1 N–H and O–H groups in total. The van der Waals surface area contributed by atoms with Gasteiger partial charge in [-0.05, 0) is 55.2 Å². The summed E-state index contributed by atoms with van der Waals surface area (Å²) in [5.41, 5.74) is 1.69. The number of methoxy groups -OCH3 is 1. The number of amides is 1. The average molecular weight is 451 g/mol. The maximum Gasteiger partial charge on any atom is 0.223 e. The van der Waals surface area contributed by atoms with Crippen molar-refractivity contribution in [3.05, 3.63) is 64.7 Å². The van der Waals surface area contributed by atoms with Crippen molar-refractivity contribution in [2.75, 3.05) is 20.2 Å². The highest BCUT2D eigenvalue weighted by Gasteiger charge is 2.31. The Morgan fingerprint density at radius 3 is 2.30 bits per heavy atom. The van der Waals surface area contributed by atoms with Crippen LogP contribution in [0.25, 0.3) is 0 Å². The van der Waals surface area contributed by atoms with Crippen LogP contribution in [-0.2, 0) is 20.6 Å². The minimum absolute atomic E-state index is 0.0342. The molecule has 1 aliphatic heterocycles. The smallest absolute Gasteiger partial charge is 0.223 e. The van der Waals surface area contributed by atoms with Crippen LogP contribution in [0.2, 0.25) is 5.02 Å². The number of halogens is 1. The molecular weight excluding hydrogens is 424 g/mol. The van der Waals surface area contributed by atoms with E-state index >= 15 is 0 Å². The number of ether oxygens (including phenoxy) is 1. The van der Waals surface area contributed by atoms with Crippen molar-refractivity contribution in [3.8, 4) is 5.75 Å². The van der Waals surface area contributed by atoms with Gasteiger partial charge >= 0.3 is 0 Å². The van der Waals surface area contributed by atoms with E-state index < -0.39 is 10.0 Å². The van der Waals surface area contributed by atoms with E-state index in [9.17, 15) is 13.2 Å². The summed E-state index contributed by atoms with van der Waals surface area (Å²) < 4.78 is 32.1. The first-order chi connectivity index (χ1) is 14.3. The van der Waals surface area contributed by atoms with Crippen LogP contribution in [0.3, 0.4) is 0 Å². The number of nitrogens with zero attached hydrogens (tertiary/aromatic N) is 1. The molecule has 2 aromatic rings. The second-order valence-electron chi connectivity index (χ2n) is 7.56. The summed E-state index contributed by atoms with van der Waals surface area (Å²) in [6.07, 6.45) is 1.03. The van der Waals surface area contributed by atoms with Gasteiger partial charge in [-0.1, -0.05) is 35.9 Å². The molecule has 0 aromatic heterocycles. The lowest BCUT2D eigenvalue weighted by Gasteiger charge is -2.31. The predicted molar refractivity (Wildman–Crippen MR) is 118 cm³/mol. The van der Waals surface area contributed by atoms with Crippen LogP contribution in [0.4, 0.5) is 0 Å². The standard InChI is InChI=1S/C22H27ClN2O4S/c1-16(18-5-9-21(29-2)10-6-18)24-22(26)19-11-13-25(14-12-19)30(27,28)15-17-3-7-20(23)8-4-17/h3-10,16,19H,11-15H2,1-2H3,(H,24,26). The fourth-order valence-corrected chi connectivity index (χ4v) is 5.28. The van der Waals surface area contributed by atoms with Crippen molar-refractivity contribution in [2.24, 2.45) is 5.92 Å². The fraction of sp³-hybridized carbons (Fsp3) is 0.409. The second-order valence-corrected chi connectivity index (χ2v) is 9.96. The molecule has 2 aromatic carbocycles. The number of rotatable bonds is 7. The van der Waals surface area contributed by atoms with Crippen molar-refractivity contribution in [3.63, 3.8) is 0 Å². The molecule has 1 amide bonds. The quantitative estimate of drug-likeness (QED) is 0.696. The molecule has 1 atom stereocenters. The van der Waals surface area contributed by atoms with Crippen molar-refractivity contribution >= 4 is 27.5 Å². The van der Waals surface area contributed by atoms with E-state index in [1.807, 2.05) is 31.2 Å². The van der Waals surface area contributed by atoms with Crippen LogP contribution in [-0.4, -0.2) is 38.8 Å². The van der Waals surface area contributed by atoms with Gasteiger partial charge in [0.25, 0.3) is 0 Å². The van der Waals surface area contributed by atoms with Gasteiger partial charge in [0.1, 0.15) is 5.75 Å². The normalized spacial score (nSPS) is 16.8. The predicted octanol–water partition coefficient (Wildman–Crippen LogP) is 3.77. The zero-order chi connectivity index (χ0) is 21.7. The van der Waals surface area contributed by atoms with E-state index in [2.05, 4.69) is 5.32 Å². The number of benzene rings is 2. The van der Waals surface area contributed by atoms with E-state index in [4.69, 9.17) is 16.3 Å². The average Bonchev–Trinajstić information content (AvgIpc) is 2.75. The lowest BCUT2D eigenvalue weighted by molar-refractivity contribution is -0.126. The van der Waals surface area contributed by atoms with Crippen LogP contribution in [0.5, 0.6) is 5.75 Å². The Kier molecular flexibility index (Phi) is 7.39. The summed E-state index contributed by atoms with van der Waals surface area (Å²) >= 11 is 5.86. The molecular formula is C22H27ClN2O4S. The minimum Gasteiger partial charge on any atom is -0.497 e. The lowest BCUT2D eigenvalue weighted by atomic mass is 9.96. The number of nitrogens with one attached hydrogen (secondary N) is 1. The van der Waals surface area contributed by atoms with Crippen molar-refractivity contribution < 1.29 is 17.9 Å². The van der Waals surface area contributed by atoms with E-state index in [1.54, 1.807) is 31.4 Å². The van der Waals surface area contributed by atoms with Crippen molar-refractivity contribution in [2.45, 2.75) is 31.6 Å². The molecule has 1 heterocycles. The van der Waals surface area contributed by atoms with Gasteiger partial charge in [0.2, 0.25) is 15.9 Å². The summed E-state index contributed by atoms with van der Waals surface area (Å²) in [4.78, 5) is 12.7. The van der Waals surface area contributed by atoms with E-state index in [0.29, 0.717) is 36.5 Å². The Morgan fingerprint density at radius 1 is 1.13 bits per heavy atom. The van der Waals surface area contributed by atoms with Gasteiger partial charge in [-0.15, -0.1) is 0 Å². The van der Waals surface area contributed by atoms with E-state index in [-0.39, 0.29) is 23.6 Å². The summed E-state index contributed by atoms with van der Waals surface area (Å²) in [6, 6.07) is 14.3. The number of carbonyl (C=O) groups is 1. The molecule has 8 heteroatoms. The molecule has 0 saturated carbocycles. The highest BCUT2D eigenvalue weighted by molar-refractivity contribution is 7.88. The summed E-state index contributed by atoms with van der Waals surface area (Å²) in [7, 11) is -1.81. The molecule has 1 saturated heterocycles. The number of hydrogen-bond acceptors (Lipinski definition) is 4. The molecule has 0 radical (unpaired) electrons. The van der Waals surface area contributed by atoms with Gasteiger partial charge in [-0.3, -0.25) is 4.79 Å². The Bertz CT molecular complexity index is 954. The summed E-state index contributed by atoms with van der Waals surface area (Å²) in [6.45, 7) is 2.64. The minimum atomic E-state index is -3.42. The SMILES string of the molecule is COc1ccc(C(C)NC(=O)C2CCN(S(=O)(=O)Cc3ccc(Cl)cc3)CC2)cc1. The largest absolute Gasteiger partial charge is 0.497 e. The molecule has 0 spiro atoms. The zero-order valence-corrected chi connectivity index (χ0v) is 18.7. The first-order valence-electron chi connectivity index (χ1n) is 9.95. The first kappa shape index (κ1) is 22.6. The molecule has 0 aliphatic carbocycles. The van der Waals surface area contributed by atoms with Crippen LogP contribution >= 0.6 is 11.6 Å². The molecule has 6 nitrogen and oxygen atoms in total. The van der Waals surface area contributed by atoms with E-state index in [0.717, 1.165) is 11.3 Å². The van der Waals surface area contributed by atoms with Gasteiger partial charge in [0, 0.05) is 24.0 Å². The highest BCUT2D eigenvalue weighted by Crippen LogP contribution is 2.24. The lowest BCUT2D eigenvalue weighted by Crippen LogP contribution is -2.43. The van der Waals surface area contributed by atoms with Gasteiger partial charge in [-0.2, -0.15) is 0 Å². The Hall–Kier alpha value is -2.09. The number of hydrogen-bond donors (Lipinski definition) is 1.